The molecule has 0 spiro atoms. The highest BCUT2D eigenvalue weighted by Crippen LogP contribution is 2.32. The summed E-state index contributed by atoms with van der Waals surface area (Å²) in [5, 5.41) is 3.46. The summed E-state index contributed by atoms with van der Waals surface area (Å²) in [5.74, 6) is -0.956. The summed E-state index contributed by atoms with van der Waals surface area (Å²) in [5.41, 5.74) is 3.39. The smallest absolute Gasteiger partial charge is 0.376 e. The number of hydrogen-bond acceptors (Lipinski definition) is 4. The van der Waals surface area contributed by atoms with E-state index in [-0.39, 0.29) is 18.3 Å². The Bertz CT molecular complexity index is 1160. The zero-order valence-corrected chi connectivity index (χ0v) is 15.8. The van der Waals surface area contributed by atoms with Crippen molar-refractivity contribution in [1.82, 2.24) is 0 Å². The van der Waals surface area contributed by atoms with Gasteiger partial charge in [0.05, 0.1) is 6.61 Å². The van der Waals surface area contributed by atoms with Crippen molar-refractivity contribution in [2.24, 2.45) is 0 Å². The first-order valence-corrected chi connectivity index (χ1v) is 9.33. The van der Waals surface area contributed by atoms with Gasteiger partial charge in [-0.05, 0) is 42.3 Å². The van der Waals surface area contributed by atoms with Crippen LogP contribution in [0.2, 0.25) is 0 Å². The fourth-order valence-corrected chi connectivity index (χ4v) is 3.14. The van der Waals surface area contributed by atoms with Crippen molar-refractivity contribution in [2.45, 2.75) is 6.92 Å². The number of anilines is 1. The minimum Gasteiger partial charge on any atom is -0.460 e. The van der Waals surface area contributed by atoms with Gasteiger partial charge >= 0.3 is 5.97 Å². The van der Waals surface area contributed by atoms with Crippen molar-refractivity contribution in [3.05, 3.63) is 90.2 Å². The van der Waals surface area contributed by atoms with Gasteiger partial charge in [-0.2, -0.15) is 0 Å². The van der Waals surface area contributed by atoms with Gasteiger partial charge in [-0.15, -0.1) is 0 Å². The predicted molar refractivity (Wildman–Crippen MR) is 112 cm³/mol. The summed E-state index contributed by atoms with van der Waals surface area (Å²) in [7, 11) is 0. The van der Waals surface area contributed by atoms with E-state index in [4.69, 9.17) is 9.15 Å². The van der Waals surface area contributed by atoms with Crippen molar-refractivity contribution in [1.29, 1.82) is 0 Å². The number of esters is 1. The third-order valence-corrected chi connectivity index (χ3v) is 4.55. The van der Waals surface area contributed by atoms with Crippen molar-refractivity contribution in [2.75, 3.05) is 11.9 Å². The maximum Gasteiger partial charge on any atom is 0.376 e. The molecule has 1 aromatic heterocycles. The molecule has 0 aliphatic rings. The third kappa shape index (κ3) is 3.75. The molecule has 29 heavy (non-hydrogen) atoms. The highest BCUT2D eigenvalue weighted by atomic mass is 16.5. The summed E-state index contributed by atoms with van der Waals surface area (Å²) in [6.07, 6.45) is 0. The summed E-state index contributed by atoms with van der Waals surface area (Å²) in [4.78, 5) is 25.1. The molecule has 0 radical (unpaired) electrons. The fourth-order valence-electron chi connectivity index (χ4n) is 3.14. The molecule has 4 aromatic rings. The zero-order valence-electron chi connectivity index (χ0n) is 15.8. The van der Waals surface area contributed by atoms with E-state index in [2.05, 4.69) is 5.32 Å². The highest BCUT2D eigenvalue weighted by molar-refractivity contribution is 6.13. The van der Waals surface area contributed by atoms with E-state index in [0.717, 1.165) is 11.1 Å². The van der Waals surface area contributed by atoms with Gasteiger partial charge in [0, 0.05) is 10.9 Å². The van der Waals surface area contributed by atoms with Gasteiger partial charge in [0.15, 0.2) is 0 Å². The van der Waals surface area contributed by atoms with Crippen LogP contribution < -0.4 is 5.32 Å². The van der Waals surface area contributed by atoms with Crippen molar-refractivity contribution >= 4 is 28.5 Å². The van der Waals surface area contributed by atoms with Crippen LogP contribution in [-0.2, 0) is 4.74 Å². The van der Waals surface area contributed by atoms with Crippen molar-refractivity contribution in [3.8, 4) is 11.1 Å². The van der Waals surface area contributed by atoms with Gasteiger partial charge in [0.25, 0.3) is 5.91 Å². The van der Waals surface area contributed by atoms with E-state index in [0.29, 0.717) is 22.2 Å². The molecule has 144 valence electrons. The standard InChI is InChI=1S/C24H19NO4/c1-2-28-24(27)22-21(19-10-6-7-11-20(19)29-22)25-23(26)18-14-12-17(13-15-18)16-8-4-3-5-9-16/h3-15H,2H2,1H3,(H,25,26). The minimum atomic E-state index is -0.613. The number of nitrogens with one attached hydrogen (secondary N) is 1. The van der Waals surface area contributed by atoms with Crippen LogP contribution in [0.5, 0.6) is 0 Å². The molecule has 0 bridgehead atoms. The van der Waals surface area contributed by atoms with Crippen LogP contribution in [0.3, 0.4) is 0 Å². The van der Waals surface area contributed by atoms with Crippen LogP contribution >= 0.6 is 0 Å². The Labute approximate surface area is 167 Å². The molecule has 1 heterocycles. The van der Waals surface area contributed by atoms with E-state index >= 15 is 0 Å². The van der Waals surface area contributed by atoms with Crippen LogP contribution in [0.4, 0.5) is 5.69 Å². The number of ether oxygens (including phenoxy) is 1. The first kappa shape index (κ1) is 18.5. The molecule has 5 nitrogen and oxygen atoms in total. The second-order valence-electron chi connectivity index (χ2n) is 6.42. The molecule has 3 aromatic carbocycles. The van der Waals surface area contributed by atoms with Gasteiger partial charge < -0.3 is 14.5 Å². The van der Waals surface area contributed by atoms with Crippen molar-refractivity contribution in [3.63, 3.8) is 0 Å². The maximum absolute atomic E-state index is 12.8. The van der Waals surface area contributed by atoms with Gasteiger partial charge in [-0.25, -0.2) is 4.79 Å². The number of carbonyl (C=O) groups is 2. The second-order valence-corrected chi connectivity index (χ2v) is 6.42. The summed E-state index contributed by atoms with van der Waals surface area (Å²) in [6, 6.07) is 24.4. The lowest BCUT2D eigenvalue weighted by Gasteiger charge is -2.07. The summed E-state index contributed by atoms with van der Waals surface area (Å²) < 4.78 is 10.7. The summed E-state index contributed by atoms with van der Waals surface area (Å²) in [6.45, 7) is 1.93. The molecule has 0 unspecified atom stereocenters. The first-order valence-electron chi connectivity index (χ1n) is 9.33. The van der Waals surface area contributed by atoms with Crippen LogP contribution in [0.1, 0.15) is 27.8 Å². The predicted octanol–water partition coefficient (Wildman–Crippen LogP) is 5.53. The van der Waals surface area contributed by atoms with Crippen LogP contribution in [0, 0.1) is 0 Å². The van der Waals surface area contributed by atoms with Crippen LogP contribution in [0.15, 0.2) is 83.3 Å². The molecule has 1 N–H and O–H groups in total. The van der Waals surface area contributed by atoms with E-state index in [1.165, 1.54) is 0 Å². The molecule has 0 atom stereocenters. The molecular weight excluding hydrogens is 366 g/mol. The number of fused-ring (bicyclic) bond motifs is 1. The molecule has 1 amide bonds. The quantitative estimate of drug-likeness (QED) is 0.459. The Morgan fingerprint density at radius 2 is 1.52 bits per heavy atom. The minimum absolute atomic E-state index is 0.0118. The highest BCUT2D eigenvalue weighted by Gasteiger charge is 2.23. The topological polar surface area (TPSA) is 68.5 Å². The van der Waals surface area contributed by atoms with Gasteiger partial charge in [0.2, 0.25) is 5.76 Å². The Hall–Kier alpha value is -3.86. The number of hydrogen-bond donors (Lipinski definition) is 1. The van der Waals surface area contributed by atoms with Gasteiger partial charge in [-0.3, -0.25) is 4.79 Å². The molecule has 5 heteroatoms. The average Bonchev–Trinajstić information content (AvgIpc) is 3.13. The molecule has 0 saturated carbocycles. The van der Waals surface area contributed by atoms with Crippen LogP contribution in [-0.4, -0.2) is 18.5 Å². The number of carbonyl (C=O) groups excluding carboxylic acids is 2. The largest absolute Gasteiger partial charge is 0.460 e. The molecule has 0 fully saturated rings. The van der Waals surface area contributed by atoms with E-state index < -0.39 is 5.97 Å². The Balaban J connectivity index is 1.63. The van der Waals surface area contributed by atoms with Crippen LogP contribution in [0.25, 0.3) is 22.1 Å². The monoisotopic (exact) mass is 385 g/mol. The summed E-state index contributed by atoms with van der Waals surface area (Å²) >= 11 is 0. The zero-order chi connectivity index (χ0) is 20.2. The van der Waals surface area contributed by atoms with Gasteiger partial charge in [-0.1, -0.05) is 54.6 Å². The molecule has 0 aliphatic heterocycles. The number of rotatable bonds is 5. The second kappa shape index (κ2) is 8.02. The maximum atomic E-state index is 12.8. The molecule has 0 aliphatic carbocycles. The fraction of sp³-hybridized carbons (Fsp3) is 0.0833. The number of furan rings is 1. The Morgan fingerprint density at radius 3 is 2.24 bits per heavy atom. The SMILES string of the molecule is CCOC(=O)c1oc2ccccc2c1NC(=O)c1ccc(-c2ccccc2)cc1. The van der Waals surface area contributed by atoms with E-state index in [1.54, 1.807) is 37.3 Å². The van der Waals surface area contributed by atoms with Crippen molar-refractivity contribution < 1.29 is 18.7 Å². The molecule has 4 rings (SSSR count). The molecule has 0 saturated heterocycles. The normalized spacial score (nSPS) is 10.7. The average molecular weight is 385 g/mol. The van der Waals surface area contributed by atoms with Gasteiger partial charge in [0.1, 0.15) is 11.3 Å². The lowest BCUT2D eigenvalue weighted by Crippen LogP contribution is -2.14. The number of benzene rings is 3. The number of para-hydroxylation sites is 1. The third-order valence-electron chi connectivity index (χ3n) is 4.55. The van der Waals surface area contributed by atoms with E-state index in [1.807, 2.05) is 48.5 Å². The lowest BCUT2D eigenvalue weighted by atomic mass is 10.0. The Morgan fingerprint density at radius 1 is 0.862 bits per heavy atom. The Kier molecular flexibility index (Phi) is 5.12. The molecular formula is C24H19NO4. The number of amides is 1. The first-order chi connectivity index (χ1) is 14.2. The van der Waals surface area contributed by atoms with E-state index in [9.17, 15) is 9.59 Å². The lowest BCUT2D eigenvalue weighted by molar-refractivity contribution is 0.0494.